The van der Waals surface area contributed by atoms with E-state index in [1.807, 2.05) is 43.0 Å². The molecule has 1 N–H and O–H groups in total. The molecule has 0 atom stereocenters. The molecule has 0 radical (unpaired) electrons. The lowest BCUT2D eigenvalue weighted by Crippen LogP contribution is -2.36. The molecule has 0 fully saturated rings. The summed E-state index contributed by atoms with van der Waals surface area (Å²) in [5, 5.41) is 3.21. The van der Waals surface area contributed by atoms with Crippen LogP contribution in [0.4, 0.5) is 11.6 Å². The number of rotatable bonds is 3. The summed E-state index contributed by atoms with van der Waals surface area (Å²) in [5.74, 6) is 0.374. The fourth-order valence-electron chi connectivity index (χ4n) is 3.55. The minimum absolute atomic E-state index is 0.0598. The number of amides is 1. The van der Waals surface area contributed by atoms with E-state index in [1.165, 1.54) is 11.1 Å². The van der Waals surface area contributed by atoms with Crippen LogP contribution >= 0.6 is 0 Å². The second kappa shape index (κ2) is 7.19. The van der Waals surface area contributed by atoms with E-state index in [4.69, 9.17) is 0 Å². The lowest BCUT2D eigenvalue weighted by Gasteiger charge is -2.28. The Morgan fingerprint density at radius 1 is 1.04 bits per heavy atom. The van der Waals surface area contributed by atoms with E-state index < -0.39 is 0 Å². The first-order valence-corrected chi connectivity index (χ1v) is 9.13. The predicted molar refractivity (Wildman–Crippen MR) is 106 cm³/mol. The summed E-state index contributed by atoms with van der Waals surface area (Å²) in [6, 6.07) is 16.1. The van der Waals surface area contributed by atoms with Gasteiger partial charge in [0.15, 0.2) is 0 Å². The molecule has 5 nitrogen and oxygen atoms in total. The average Bonchev–Trinajstić information content (AvgIpc) is 2.66. The molecule has 27 heavy (non-hydrogen) atoms. The lowest BCUT2D eigenvalue weighted by atomic mass is 10.00. The van der Waals surface area contributed by atoms with Crippen molar-refractivity contribution in [3.05, 3.63) is 82.7 Å². The van der Waals surface area contributed by atoms with E-state index >= 15 is 0 Å². The Bertz CT molecular complexity index is 979. The van der Waals surface area contributed by atoms with Gasteiger partial charge in [-0.3, -0.25) is 4.79 Å². The van der Waals surface area contributed by atoms with E-state index in [0.717, 1.165) is 23.2 Å². The van der Waals surface area contributed by atoms with Crippen LogP contribution < -0.4 is 5.32 Å². The minimum Gasteiger partial charge on any atom is -0.333 e. The van der Waals surface area contributed by atoms with Gasteiger partial charge >= 0.3 is 0 Å². The molecule has 0 unspecified atom stereocenters. The number of anilines is 2. The van der Waals surface area contributed by atoms with Crippen LogP contribution in [-0.4, -0.2) is 27.3 Å². The van der Waals surface area contributed by atoms with E-state index in [9.17, 15) is 4.79 Å². The van der Waals surface area contributed by atoms with Gasteiger partial charge < -0.3 is 10.2 Å². The van der Waals surface area contributed by atoms with Gasteiger partial charge in [-0.1, -0.05) is 30.3 Å². The second-order valence-electron chi connectivity index (χ2n) is 7.01. The quantitative estimate of drug-likeness (QED) is 0.768. The molecule has 4 rings (SSSR count). The molecule has 5 heteroatoms. The van der Waals surface area contributed by atoms with Crippen LogP contribution in [0.25, 0.3) is 0 Å². The van der Waals surface area contributed by atoms with Crippen molar-refractivity contribution in [2.24, 2.45) is 0 Å². The van der Waals surface area contributed by atoms with Crippen molar-refractivity contribution in [3.63, 3.8) is 0 Å². The number of nitrogens with one attached hydrogen (secondary N) is 1. The van der Waals surface area contributed by atoms with Gasteiger partial charge in [-0.15, -0.1) is 0 Å². The van der Waals surface area contributed by atoms with Crippen molar-refractivity contribution in [1.29, 1.82) is 0 Å². The largest absolute Gasteiger partial charge is 0.333 e. The number of fused-ring (bicyclic) bond motifs is 1. The summed E-state index contributed by atoms with van der Waals surface area (Å²) in [4.78, 5) is 23.5. The van der Waals surface area contributed by atoms with Gasteiger partial charge in [-0.05, 0) is 60.7 Å². The number of nitrogens with zero attached hydrogens (tertiary/aromatic N) is 3. The van der Waals surface area contributed by atoms with Crippen LogP contribution in [0.15, 0.2) is 54.7 Å². The number of carbonyl (C=O) groups is 1. The Hall–Kier alpha value is -3.21. The van der Waals surface area contributed by atoms with Gasteiger partial charge in [0.2, 0.25) is 5.95 Å². The first-order valence-electron chi connectivity index (χ1n) is 9.13. The molecule has 1 aromatic heterocycles. The van der Waals surface area contributed by atoms with E-state index in [1.54, 1.807) is 12.3 Å². The van der Waals surface area contributed by atoms with Gasteiger partial charge in [0.25, 0.3) is 5.91 Å². The van der Waals surface area contributed by atoms with Crippen LogP contribution in [0.3, 0.4) is 0 Å². The monoisotopic (exact) mass is 358 g/mol. The van der Waals surface area contributed by atoms with Crippen molar-refractivity contribution in [1.82, 2.24) is 14.9 Å². The Morgan fingerprint density at radius 2 is 1.78 bits per heavy atom. The zero-order valence-corrected chi connectivity index (χ0v) is 15.6. The van der Waals surface area contributed by atoms with Gasteiger partial charge in [-0.2, -0.15) is 0 Å². The minimum atomic E-state index is -0.0598. The summed E-state index contributed by atoms with van der Waals surface area (Å²) in [7, 11) is 0. The van der Waals surface area contributed by atoms with Gasteiger partial charge in [-0.25, -0.2) is 9.97 Å². The first kappa shape index (κ1) is 17.2. The summed E-state index contributed by atoms with van der Waals surface area (Å²) in [5.41, 5.74) is 6.19. The number of hydrogen-bond acceptors (Lipinski definition) is 4. The Kier molecular flexibility index (Phi) is 4.59. The highest BCUT2D eigenvalue weighted by molar-refractivity contribution is 5.92. The molecule has 1 aliphatic heterocycles. The molecule has 0 saturated heterocycles. The zero-order chi connectivity index (χ0) is 18.8. The molecule has 1 aliphatic rings. The van der Waals surface area contributed by atoms with E-state index in [-0.39, 0.29) is 5.91 Å². The Balaban J connectivity index is 1.53. The maximum atomic E-state index is 12.9. The zero-order valence-electron chi connectivity index (χ0n) is 15.6. The molecule has 0 aliphatic carbocycles. The fourth-order valence-corrected chi connectivity index (χ4v) is 3.55. The highest BCUT2D eigenvalue weighted by atomic mass is 16.2. The molecule has 0 saturated carbocycles. The number of carbonyl (C=O) groups excluding carboxylic acids is 1. The van der Waals surface area contributed by atoms with Crippen molar-refractivity contribution in [2.75, 3.05) is 11.9 Å². The third-order valence-corrected chi connectivity index (χ3v) is 4.77. The highest BCUT2D eigenvalue weighted by Gasteiger charge is 2.22. The SMILES string of the molecule is Cc1cc(C)cc(Nc2nccc(C(=O)N3CCc4ccccc4C3)n2)c1. The average molecular weight is 358 g/mol. The summed E-state index contributed by atoms with van der Waals surface area (Å²) in [6.45, 7) is 5.43. The topological polar surface area (TPSA) is 58.1 Å². The molecule has 136 valence electrons. The van der Waals surface area contributed by atoms with Crippen LogP contribution in [0.2, 0.25) is 0 Å². The fraction of sp³-hybridized carbons (Fsp3) is 0.227. The van der Waals surface area contributed by atoms with Gasteiger partial charge in [0, 0.05) is 25.0 Å². The Labute approximate surface area is 159 Å². The van der Waals surface area contributed by atoms with E-state index in [2.05, 4.69) is 33.5 Å². The molecule has 1 amide bonds. The highest BCUT2D eigenvalue weighted by Crippen LogP contribution is 2.21. The summed E-state index contributed by atoms with van der Waals surface area (Å²) in [6.07, 6.45) is 2.50. The van der Waals surface area contributed by atoms with Crippen LogP contribution in [0.5, 0.6) is 0 Å². The smallest absolute Gasteiger partial charge is 0.272 e. The molecule has 0 spiro atoms. The van der Waals surface area contributed by atoms with Crippen LogP contribution in [0, 0.1) is 13.8 Å². The van der Waals surface area contributed by atoms with Crippen molar-refractivity contribution in [2.45, 2.75) is 26.8 Å². The summed E-state index contributed by atoms with van der Waals surface area (Å²) >= 11 is 0. The number of aryl methyl sites for hydroxylation is 2. The third-order valence-electron chi connectivity index (χ3n) is 4.77. The molecular formula is C22H22N4O. The van der Waals surface area contributed by atoms with Crippen molar-refractivity contribution < 1.29 is 4.79 Å². The van der Waals surface area contributed by atoms with E-state index in [0.29, 0.717) is 24.7 Å². The predicted octanol–water partition coefficient (Wildman–Crippen LogP) is 4.04. The number of aromatic nitrogens is 2. The Morgan fingerprint density at radius 3 is 2.56 bits per heavy atom. The van der Waals surface area contributed by atoms with Gasteiger partial charge in [0.05, 0.1) is 0 Å². The molecule has 0 bridgehead atoms. The first-order chi connectivity index (χ1) is 13.1. The molecule has 2 aromatic carbocycles. The standard InChI is InChI=1S/C22H22N4O/c1-15-11-16(2)13-19(12-15)24-22-23-9-7-20(25-22)21(27)26-10-8-17-5-3-4-6-18(17)14-26/h3-7,9,11-13H,8,10,14H2,1-2H3,(H,23,24,25). The van der Waals surface area contributed by atoms with Crippen LogP contribution in [-0.2, 0) is 13.0 Å². The van der Waals surface area contributed by atoms with Crippen molar-refractivity contribution >= 4 is 17.5 Å². The molecule has 3 aromatic rings. The number of benzene rings is 2. The molecular weight excluding hydrogens is 336 g/mol. The molecule has 2 heterocycles. The lowest BCUT2D eigenvalue weighted by molar-refractivity contribution is 0.0728. The number of hydrogen-bond donors (Lipinski definition) is 1. The normalized spacial score (nSPS) is 13.2. The third kappa shape index (κ3) is 3.82. The maximum Gasteiger partial charge on any atom is 0.272 e. The summed E-state index contributed by atoms with van der Waals surface area (Å²) < 4.78 is 0. The van der Waals surface area contributed by atoms with Crippen molar-refractivity contribution in [3.8, 4) is 0 Å². The second-order valence-corrected chi connectivity index (χ2v) is 7.01. The van der Waals surface area contributed by atoms with Crippen LogP contribution in [0.1, 0.15) is 32.7 Å². The van der Waals surface area contributed by atoms with Gasteiger partial charge in [0.1, 0.15) is 5.69 Å². The maximum absolute atomic E-state index is 12.9.